The summed E-state index contributed by atoms with van der Waals surface area (Å²) in [4.78, 5) is 0. The van der Waals surface area contributed by atoms with Crippen molar-refractivity contribution >= 4 is 0 Å². The number of nitriles is 1. The summed E-state index contributed by atoms with van der Waals surface area (Å²) in [5.74, 6) is 5.89. The zero-order valence-electron chi connectivity index (χ0n) is 23.9. The highest BCUT2D eigenvalue weighted by Crippen LogP contribution is 2.68. The maximum atomic E-state index is 12.2. The van der Waals surface area contributed by atoms with Crippen molar-refractivity contribution in [2.75, 3.05) is 26.4 Å². The first-order valence-electron chi connectivity index (χ1n) is 15.1. The van der Waals surface area contributed by atoms with Gasteiger partial charge in [-0.25, -0.2) is 0 Å². The average Bonchev–Trinajstić information content (AvgIpc) is 3.19. The van der Waals surface area contributed by atoms with Crippen LogP contribution in [-0.2, 0) is 18.9 Å². The minimum absolute atomic E-state index is 0.0520. The molecule has 7 nitrogen and oxygen atoms in total. The maximum Gasteiger partial charge on any atom is 0.171 e. The smallest absolute Gasteiger partial charge is 0.171 e. The lowest BCUT2D eigenvalue weighted by Crippen LogP contribution is -2.65. The van der Waals surface area contributed by atoms with Crippen LogP contribution in [0.3, 0.4) is 0 Å². The molecule has 7 atom stereocenters. The Morgan fingerprint density at radius 3 is 2.54 bits per heavy atom. The monoisotopic (exact) mass is 539 g/mol. The van der Waals surface area contributed by atoms with Gasteiger partial charge in [-0.15, -0.1) is 0 Å². The van der Waals surface area contributed by atoms with E-state index in [2.05, 4.69) is 44.8 Å². The van der Waals surface area contributed by atoms with Crippen molar-refractivity contribution in [1.82, 2.24) is 0 Å². The first-order valence-corrected chi connectivity index (χ1v) is 15.1. The highest BCUT2D eigenvalue weighted by Gasteiger charge is 2.69. The third-order valence-corrected chi connectivity index (χ3v) is 11.2. The molecule has 3 saturated carbocycles. The van der Waals surface area contributed by atoms with Crippen LogP contribution in [0, 0.1) is 51.3 Å². The lowest BCUT2D eigenvalue weighted by molar-refractivity contribution is -0.339. The largest absolute Gasteiger partial charge is 0.388 e. The summed E-state index contributed by atoms with van der Waals surface area (Å²) in [7, 11) is 0. The van der Waals surface area contributed by atoms with Crippen molar-refractivity contribution in [2.24, 2.45) is 28.1 Å². The molecule has 6 aliphatic rings. The molecular formula is C32H45NO6. The van der Waals surface area contributed by atoms with Crippen LogP contribution in [0.15, 0.2) is 11.6 Å². The molecular weight excluding hydrogens is 494 g/mol. The van der Waals surface area contributed by atoms with Gasteiger partial charge in [0.15, 0.2) is 12.1 Å². The van der Waals surface area contributed by atoms with Crippen LogP contribution in [0.4, 0.5) is 0 Å². The van der Waals surface area contributed by atoms with Crippen molar-refractivity contribution < 1.29 is 29.2 Å². The van der Waals surface area contributed by atoms with Gasteiger partial charge in [-0.1, -0.05) is 38.7 Å². The number of hydrogen-bond donors (Lipinski definition) is 2. The van der Waals surface area contributed by atoms with Crippen LogP contribution in [0.2, 0.25) is 0 Å². The van der Waals surface area contributed by atoms with E-state index in [0.29, 0.717) is 51.7 Å². The molecule has 5 fully saturated rings. The number of aliphatic hydroxyl groups is 2. The van der Waals surface area contributed by atoms with E-state index in [1.165, 1.54) is 0 Å². The molecule has 6 rings (SSSR count). The summed E-state index contributed by atoms with van der Waals surface area (Å²) < 4.78 is 24.0. The summed E-state index contributed by atoms with van der Waals surface area (Å²) in [6.07, 6.45) is 9.97. The van der Waals surface area contributed by atoms with Gasteiger partial charge in [0.2, 0.25) is 0 Å². The Morgan fingerprint density at radius 2 is 1.82 bits per heavy atom. The molecule has 0 aromatic carbocycles. The topological polar surface area (TPSA) is 101 Å². The molecule has 0 bridgehead atoms. The van der Waals surface area contributed by atoms with Gasteiger partial charge in [0.25, 0.3) is 0 Å². The van der Waals surface area contributed by atoms with Gasteiger partial charge in [0.1, 0.15) is 17.6 Å². The quantitative estimate of drug-likeness (QED) is 0.390. The molecule has 1 spiro atoms. The van der Waals surface area contributed by atoms with E-state index < -0.39 is 27.8 Å². The Labute approximate surface area is 233 Å². The third kappa shape index (κ3) is 4.32. The van der Waals surface area contributed by atoms with Crippen molar-refractivity contribution in [2.45, 2.75) is 115 Å². The number of fused-ring (bicyclic) bond motifs is 5. The Morgan fingerprint density at radius 1 is 1.03 bits per heavy atom. The molecule has 0 aromatic heterocycles. The number of ether oxygens (including phenoxy) is 4. The van der Waals surface area contributed by atoms with E-state index >= 15 is 0 Å². The van der Waals surface area contributed by atoms with E-state index in [0.717, 1.165) is 44.3 Å². The molecule has 39 heavy (non-hydrogen) atoms. The molecule has 7 heteroatoms. The Kier molecular flexibility index (Phi) is 6.78. The minimum Gasteiger partial charge on any atom is -0.388 e. The van der Waals surface area contributed by atoms with Gasteiger partial charge in [-0.2, -0.15) is 5.26 Å². The fraction of sp³-hybridized carbons (Fsp3) is 0.844. The van der Waals surface area contributed by atoms with Crippen molar-refractivity contribution in [3.8, 4) is 17.9 Å². The van der Waals surface area contributed by atoms with Crippen LogP contribution < -0.4 is 0 Å². The predicted molar refractivity (Wildman–Crippen MR) is 144 cm³/mol. The second kappa shape index (κ2) is 9.55. The zero-order chi connectivity index (χ0) is 27.6. The molecule has 2 aliphatic heterocycles. The molecule has 4 aliphatic carbocycles. The number of rotatable bonds is 2. The minimum atomic E-state index is -1.19. The zero-order valence-corrected chi connectivity index (χ0v) is 23.9. The fourth-order valence-corrected chi connectivity index (χ4v) is 8.76. The van der Waals surface area contributed by atoms with Gasteiger partial charge >= 0.3 is 0 Å². The molecule has 0 amide bonds. The molecule has 2 N–H and O–H groups in total. The third-order valence-electron chi connectivity index (χ3n) is 11.2. The number of allylic oxidation sites excluding steroid dienone is 1. The van der Waals surface area contributed by atoms with E-state index in [4.69, 9.17) is 18.9 Å². The lowest BCUT2D eigenvalue weighted by Gasteiger charge is -2.61. The summed E-state index contributed by atoms with van der Waals surface area (Å²) in [5, 5.41) is 34.7. The van der Waals surface area contributed by atoms with Gasteiger partial charge in [-0.05, 0) is 75.2 Å². The SMILES string of the molecule is CC1(C)COC2(CC[C@]3(C#N)C4=CC[C@]5(C)[C@@H](CC[C@@]5(O)C#CCOC5CCCCO5)[C@@H]4CC[C@@]3(O)C2)OC1. The van der Waals surface area contributed by atoms with Crippen molar-refractivity contribution in [3.63, 3.8) is 0 Å². The van der Waals surface area contributed by atoms with E-state index in [9.17, 15) is 15.5 Å². The second-order valence-corrected chi connectivity index (χ2v) is 14.2. The fourth-order valence-electron chi connectivity index (χ4n) is 8.76. The molecule has 2 saturated heterocycles. The van der Waals surface area contributed by atoms with Crippen molar-refractivity contribution in [3.05, 3.63) is 11.6 Å². The Bertz CT molecular complexity index is 1100. The van der Waals surface area contributed by atoms with Crippen LogP contribution in [0.1, 0.15) is 91.4 Å². The van der Waals surface area contributed by atoms with Crippen molar-refractivity contribution in [1.29, 1.82) is 5.26 Å². The van der Waals surface area contributed by atoms with Crippen LogP contribution in [-0.4, -0.2) is 59.9 Å². The lowest BCUT2D eigenvalue weighted by atomic mass is 9.46. The van der Waals surface area contributed by atoms with E-state index in [1.54, 1.807) is 0 Å². The Balaban J connectivity index is 1.22. The normalized spacial score (nSPS) is 46.1. The highest BCUT2D eigenvalue weighted by atomic mass is 16.7. The van der Waals surface area contributed by atoms with Gasteiger partial charge in [0.05, 0.1) is 24.9 Å². The van der Waals surface area contributed by atoms with Crippen LogP contribution in [0.5, 0.6) is 0 Å². The second-order valence-electron chi connectivity index (χ2n) is 14.2. The highest BCUT2D eigenvalue weighted by molar-refractivity contribution is 5.41. The maximum absolute atomic E-state index is 12.2. The predicted octanol–water partition coefficient (Wildman–Crippen LogP) is 4.61. The summed E-state index contributed by atoms with van der Waals surface area (Å²) in [6.45, 7) is 8.58. The van der Waals surface area contributed by atoms with Gasteiger partial charge < -0.3 is 29.2 Å². The number of nitrogens with zero attached hydrogens (tertiary/aromatic N) is 1. The average molecular weight is 540 g/mol. The molecule has 214 valence electrons. The number of hydrogen-bond acceptors (Lipinski definition) is 7. The molecule has 0 aromatic rings. The Hall–Kier alpha value is -1.45. The first-order chi connectivity index (χ1) is 18.5. The van der Waals surface area contributed by atoms with Crippen LogP contribution >= 0.6 is 0 Å². The summed E-state index contributed by atoms with van der Waals surface area (Å²) in [5.41, 5.74) is -2.60. The molecule has 0 radical (unpaired) electrons. The summed E-state index contributed by atoms with van der Waals surface area (Å²) in [6, 6.07) is 2.64. The molecule has 1 unspecified atom stereocenters. The summed E-state index contributed by atoms with van der Waals surface area (Å²) >= 11 is 0. The van der Waals surface area contributed by atoms with Gasteiger partial charge in [-0.3, -0.25) is 0 Å². The van der Waals surface area contributed by atoms with E-state index in [1.807, 2.05) is 0 Å². The standard InChI is InChI=1S/C32H45NO6/c1-27(2)21-38-32(39-22-27)16-15-29(20-33)25-9-12-28(3)24(23(25)8-13-31(29,35)19-32)10-14-30(28,34)11-6-18-37-26-7-4-5-17-36-26/h9,23-24,26,34-35H,4-5,7-8,10,12-19,21-22H2,1-3H3/t23-,24-,26?,28+,29-,30-,31+/m0/s1. The molecule has 2 heterocycles. The van der Waals surface area contributed by atoms with Gasteiger partial charge in [0, 0.05) is 30.3 Å². The first kappa shape index (κ1) is 27.7. The van der Waals surface area contributed by atoms with Crippen LogP contribution in [0.25, 0.3) is 0 Å². The van der Waals surface area contributed by atoms with E-state index in [-0.39, 0.29) is 30.1 Å².